The smallest absolute Gasteiger partial charge is 0.462 e. The van der Waals surface area contributed by atoms with Crippen LogP contribution in [0.4, 0.5) is 0 Å². The highest BCUT2D eigenvalue weighted by molar-refractivity contribution is 7.47. The fourth-order valence-electron chi connectivity index (χ4n) is 9.90. The van der Waals surface area contributed by atoms with Gasteiger partial charge >= 0.3 is 39.5 Å². The summed E-state index contributed by atoms with van der Waals surface area (Å²) in [6, 6.07) is 0. The molecule has 0 aromatic rings. The molecule has 0 radical (unpaired) electrons. The molecule has 0 saturated carbocycles. The Balaban J connectivity index is 5.18. The predicted molar refractivity (Wildman–Crippen MR) is 340 cm³/mol. The van der Waals surface area contributed by atoms with Gasteiger partial charge in [-0.25, -0.2) is 9.13 Å². The zero-order chi connectivity index (χ0) is 62.8. The monoisotopic (exact) mass is 1250 g/mol. The Bertz CT molecular complexity index is 1650. The maximum atomic E-state index is 13.0. The van der Waals surface area contributed by atoms with E-state index in [1.165, 1.54) is 154 Å². The van der Waals surface area contributed by atoms with E-state index in [0.29, 0.717) is 25.7 Å². The van der Waals surface area contributed by atoms with Gasteiger partial charge in [0.15, 0.2) is 12.2 Å². The molecule has 3 N–H and O–H groups in total. The third-order valence-electron chi connectivity index (χ3n) is 15.6. The van der Waals surface area contributed by atoms with E-state index in [9.17, 15) is 43.2 Å². The number of phosphoric ester groups is 2. The first-order chi connectivity index (χ1) is 41.1. The van der Waals surface area contributed by atoms with Crippen molar-refractivity contribution >= 4 is 39.5 Å². The number of esters is 4. The normalized spacial score (nSPS) is 14.5. The van der Waals surface area contributed by atoms with Crippen molar-refractivity contribution in [3.05, 3.63) is 0 Å². The third kappa shape index (κ3) is 59.5. The molecule has 0 bridgehead atoms. The molecular formula is C66H128O17P2. The highest BCUT2D eigenvalue weighted by Gasteiger charge is 2.30. The molecule has 0 rings (SSSR count). The highest BCUT2D eigenvalue weighted by Crippen LogP contribution is 2.45. The number of ether oxygens (including phenoxy) is 4. The first-order valence-electron chi connectivity index (χ1n) is 34.7. The Morgan fingerprint density at radius 2 is 0.565 bits per heavy atom. The van der Waals surface area contributed by atoms with Gasteiger partial charge in [-0.2, -0.15) is 0 Å². The van der Waals surface area contributed by atoms with E-state index < -0.39 is 97.5 Å². The van der Waals surface area contributed by atoms with Crippen molar-refractivity contribution in [3.63, 3.8) is 0 Å². The standard InChI is InChI=1S/C66H128O17P2/c1-6-10-13-16-18-20-22-24-25-27-31-35-40-45-50-64(69)77-56-62(83-66(71)52-47-42-37-33-29-28-30-34-39-43-48-59(5)9-4)58-81-85(74,75)79-54-60(67)53-78-84(72,73)80-57-61(55-76-63(68)49-44-38-15-12-8-3)82-65(70)51-46-41-36-32-26-23-21-19-17-14-11-7-2/h59-62,67H,6-58H2,1-5H3,(H,72,73)(H,74,75)/t59?,60-,61+,62+/m0/s1. The summed E-state index contributed by atoms with van der Waals surface area (Å²) < 4.78 is 67.9. The number of rotatable bonds is 66. The van der Waals surface area contributed by atoms with Crippen LogP contribution in [-0.2, 0) is 65.4 Å². The molecule has 0 aromatic carbocycles. The molecule has 19 heteroatoms. The molecule has 0 amide bonds. The van der Waals surface area contributed by atoms with Crippen LogP contribution >= 0.6 is 15.6 Å². The van der Waals surface area contributed by atoms with Crippen molar-refractivity contribution in [1.29, 1.82) is 0 Å². The topological polar surface area (TPSA) is 237 Å². The summed E-state index contributed by atoms with van der Waals surface area (Å²) in [6.45, 7) is 7.16. The fraction of sp³-hybridized carbons (Fsp3) is 0.939. The maximum absolute atomic E-state index is 13.0. The molecule has 85 heavy (non-hydrogen) atoms. The molecule has 0 heterocycles. The van der Waals surface area contributed by atoms with Crippen molar-refractivity contribution in [2.45, 2.75) is 355 Å². The molecule has 0 fully saturated rings. The van der Waals surface area contributed by atoms with E-state index in [-0.39, 0.29) is 25.7 Å². The number of carbonyl (C=O) groups excluding carboxylic acids is 4. The Hall–Kier alpha value is -1.94. The second kappa shape index (κ2) is 59.7. The van der Waals surface area contributed by atoms with Crippen LogP contribution in [0.25, 0.3) is 0 Å². The molecule has 0 aliphatic heterocycles. The lowest BCUT2D eigenvalue weighted by Crippen LogP contribution is -2.30. The quantitative estimate of drug-likeness (QED) is 0.0222. The van der Waals surface area contributed by atoms with Gasteiger partial charge in [0.25, 0.3) is 0 Å². The Morgan fingerprint density at radius 3 is 0.835 bits per heavy atom. The van der Waals surface area contributed by atoms with Crippen molar-refractivity contribution < 1.29 is 80.2 Å². The van der Waals surface area contributed by atoms with Crippen LogP contribution in [0.1, 0.15) is 336 Å². The fourth-order valence-corrected chi connectivity index (χ4v) is 11.5. The van der Waals surface area contributed by atoms with Crippen LogP contribution in [-0.4, -0.2) is 96.7 Å². The van der Waals surface area contributed by atoms with E-state index in [2.05, 4.69) is 34.6 Å². The minimum Gasteiger partial charge on any atom is -0.462 e. The molecule has 0 spiro atoms. The van der Waals surface area contributed by atoms with Crippen molar-refractivity contribution in [3.8, 4) is 0 Å². The molecular weight excluding hydrogens is 1130 g/mol. The summed E-state index contributed by atoms with van der Waals surface area (Å²) in [4.78, 5) is 72.1. The van der Waals surface area contributed by atoms with Gasteiger partial charge in [0, 0.05) is 25.7 Å². The van der Waals surface area contributed by atoms with Crippen LogP contribution in [0, 0.1) is 5.92 Å². The van der Waals surface area contributed by atoms with Gasteiger partial charge in [-0.1, -0.05) is 285 Å². The number of phosphoric acid groups is 2. The highest BCUT2D eigenvalue weighted by atomic mass is 31.2. The zero-order valence-corrected chi connectivity index (χ0v) is 56.5. The van der Waals surface area contributed by atoms with Gasteiger partial charge < -0.3 is 33.8 Å². The van der Waals surface area contributed by atoms with Gasteiger partial charge in [0.1, 0.15) is 19.3 Å². The minimum atomic E-state index is -4.95. The SMILES string of the molecule is CCCCCCCCCCCCCCCCC(=O)OC[C@H](COP(=O)(O)OC[C@@H](O)COP(=O)(O)OC[C@@H](COC(=O)CCCCCCC)OC(=O)CCCCCCCCCCCCCC)OC(=O)CCCCCCCCCCCCC(C)CC. The molecule has 3 unspecified atom stereocenters. The second-order valence-electron chi connectivity index (χ2n) is 24.1. The summed E-state index contributed by atoms with van der Waals surface area (Å²) in [5, 5.41) is 10.5. The van der Waals surface area contributed by atoms with Gasteiger partial charge in [0.2, 0.25) is 0 Å². The zero-order valence-electron chi connectivity index (χ0n) is 54.7. The average Bonchev–Trinajstić information content (AvgIpc) is 3.56. The van der Waals surface area contributed by atoms with E-state index in [1.807, 2.05) is 0 Å². The summed E-state index contributed by atoms with van der Waals surface area (Å²) >= 11 is 0. The van der Waals surface area contributed by atoms with Crippen molar-refractivity contribution in [1.82, 2.24) is 0 Å². The minimum absolute atomic E-state index is 0.106. The van der Waals surface area contributed by atoms with Crippen LogP contribution in [0.15, 0.2) is 0 Å². The van der Waals surface area contributed by atoms with Gasteiger partial charge in [-0.05, 0) is 31.6 Å². The molecule has 0 saturated heterocycles. The second-order valence-corrected chi connectivity index (χ2v) is 27.0. The number of aliphatic hydroxyl groups excluding tert-OH is 1. The molecule has 17 nitrogen and oxygen atoms in total. The van der Waals surface area contributed by atoms with E-state index >= 15 is 0 Å². The van der Waals surface area contributed by atoms with Crippen molar-refractivity contribution in [2.75, 3.05) is 39.6 Å². The van der Waals surface area contributed by atoms with Crippen molar-refractivity contribution in [2.24, 2.45) is 5.92 Å². The summed E-state index contributed by atoms with van der Waals surface area (Å²) in [5.74, 6) is -1.33. The number of unbranched alkanes of at least 4 members (excludes halogenated alkanes) is 37. The summed E-state index contributed by atoms with van der Waals surface area (Å²) in [5.41, 5.74) is 0. The first kappa shape index (κ1) is 83.1. The van der Waals surface area contributed by atoms with Gasteiger partial charge in [0.05, 0.1) is 26.4 Å². The Labute approximate surface area is 517 Å². The van der Waals surface area contributed by atoms with Crippen LogP contribution in [0.2, 0.25) is 0 Å². The molecule has 0 aromatic heterocycles. The number of carbonyl (C=O) groups is 4. The largest absolute Gasteiger partial charge is 0.472 e. The Morgan fingerprint density at radius 1 is 0.329 bits per heavy atom. The molecule has 0 aliphatic rings. The van der Waals surface area contributed by atoms with Crippen LogP contribution in [0.5, 0.6) is 0 Å². The van der Waals surface area contributed by atoms with Gasteiger partial charge in [-0.3, -0.25) is 37.3 Å². The lowest BCUT2D eigenvalue weighted by Gasteiger charge is -2.21. The predicted octanol–water partition coefficient (Wildman–Crippen LogP) is 18.6. The Kier molecular flexibility index (Phi) is 58.3. The first-order valence-corrected chi connectivity index (χ1v) is 37.7. The van der Waals surface area contributed by atoms with Crippen LogP contribution < -0.4 is 0 Å². The van der Waals surface area contributed by atoms with Crippen LogP contribution in [0.3, 0.4) is 0 Å². The number of hydrogen-bond acceptors (Lipinski definition) is 15. The molecule has 0 aliphatic carbocycles. The number of aliphatic hydroxyl groups is 1. The van der Waals surface area contributed by atoms with E-state index in [4.69, 9.17) is 37.0 Å². The average molecular weight is 1260 g/mol. The summed E-state index contributed by atoms with van der Waals surface area (Å²) in [7, 11) is -9.88. The molecule has 6 atom stereocenters. The molecule has 504 valence electrons. The van der Waals surface area contributed by atoms with E-state index in [0.717, 1.165) is 102 Å². The lowest BCUT2D eigenvalue weighted by atomic mass is 9.99. The maximum Gasteiger partial charge on any atom is 0.472 e. The third-order valence-corrected chi connectivity index (χ3v) is 17.5. The summed E-state index contributed by atoms with van der Waals surface area (Å²) in [6.07, 6.45) is 44.6. The number of hydrogen-bond donors (Lipinski definition) is 3. The lowest BCUT2D eigenvalue weighted by molar-refractivity contribution is -0.161. The van der Waals surface area contributed by atoms with Gasteiger partial charge in [-0.15, -0.1) is 0 Å². The van der Waals surface area contributed by atoms with E-state index in [1.54, 1.807) is 0 Å².